The van der Waals surface area contributed by atoms with Gasteiger partial charge in [-0.1, -0.05) is 48.5 Å². The summed E-state index contributed by atoms with van der Waals surface area (Å²) in [6, 6.07) is 21.0. The Morgan fingerprint density at radius 1 is 1.03 bits per heavy atom. The van der Waals surface area contributed by atoms with Crippen molar-refractivity contribution < 1.29 is 4.74 Å². The molecule has 1 saturated heterocycles. The van der Waals surface area contributed by atoms with Crippen LogP contribution in [-0.2, 0) is 17.8 Å². The molecule has 5 heteroatoms. The van der Waals surface area contributed by atoms with Gasteiger partial charge in [-0.2, -0.15) is 5.10 Å². The zero-order chi connectivity index (χ0) is 20.1. The molecule has 0 saturated carbocycles. The van der Waals surface area contributed by atoms with Crippen LogP contribution in [0.2, 0.25) is 0 Å². The summed E-state index contributed by atoms with van der Waals surface area (Å²) in [7, 11) is 0. The molecule has 152 valence electrons. The molecule has 29 heavy (non-hydrogen) atoms. The fourth-order valence-electron chi connectivity index (χ4n) is 4.00. The van der Waals surface area contributed by atoms with E-state index in [-0.39, 0.29) is 6.10 Å². The third kappa shape index (κ3) is 4.93. The molecule has 1 N–H and O–H groups in total. The number of aryl methyl sites for hydroxylation is 1. The van der Waals surface area contributed by atoms with E-state index in [9.17, 15) is 0 Å². The third-order valence-electron chi connectivity index (χ3n) is 5.59. The Morgan fingerprint density at radius 2 is 1.76 bits per heavy atom. The number of nitrogens with one attached hydrogen (secondary N) is 1. The van der Waals surface area contributed by atoms with Gasteiger partial charge in [-0.15, -0.1) is 0 Å². The van der Waals surface area contributed by atoms with Gasteiger partial charge in [-0.05, 0) is 31.5 Å². The Hall–Kier alpha value is -2.47. The van der Waals surface area contributed by atoms with Crippen molar-refractivity contribution in [2.45, 2.75) is 33.0 Å². The largest absolute Gasteiger partial charge is 0.374 e. The third-order valence-corrected chi connectivity index (χ3v) is 5.59. The maximum atomic E-state index is 5.99. The van der Waals surface area contributed by atoms with E-state index in [2.05, 4.69) is 66.5 Å². The number of aromatic nitrogens is 2. The normalized spacial score (nSPS) is 17.5. The van der Waals surface area contributed by atoms with Crippen LogP contribution in [0.25, 0.3) is 5.69 Å². The van der Waals surface area contributed by atoms with Gasteiger partial charge in [0.05, 0.1) is 24.1 Å². The minimum atomic E-state index is 0.220. The molecule has 1 fully saturated rings. The zero-order valence-corrected chi connectivity index (χ0v) is 17.3. The molecule has 1 atom stereocenters. The van der Waals surface area contributed by atoms with Crippen LogP contribution in [0.15, 0.2) is 60.7 Å². The van der Waals surface area contributed by atoms with E-state index in [4.69, 9.17) is 9.84 Å². The van der Waals surface area contributed by atoms with Crippen LogP contribution in [0.5, 0.6) is 0 Å². The second-order valence-corrected chi connectivity index (χ2v) is 7.74. The SMILES string of the molecule is Cc1nn(-c2ccccc2)c(C)c1CNCC1CN(Cc2ccccc2)CCO1. The van der Waals surface area contributed by atoms with Crippen molar-refractivity contribution in [1.29, 1.82) is 0 Å². The number of ether oxygens (including phenoxy) is 1. The van der Waals surface area contributed by atoms with Crippen LogP contribution in [0.4, 0.5) is 0 Å². The molecule has 5 nitrogen and oxygen atoms in total. The topological polar surface area (TPSA) is 42.3 Å². The van der Waals surface area contributed by atoms with Gasteiger partial charge in [-0.25, -0.2) is 4.68 Å². The van der Waals surface area contributed by atoms with E-state index >= 15 is 0 Å². The van der Waals surface area contributed by atoms with Crippen LogP contribution in [0.1, 0.15) is 22.5 Å². The summed E-state index contributed by atoms with van der Waals surface area (Å²) in [6.45, 7) is 9.62. The highest BCUT2D eigenvalue weighted by Gasteiger charge is 2.21. The smallest absolute Gasteiger partial charge is 0.0826 e. The van der Waals surface area contributed by atoms with E-state index < -0.39 is 0 Å². The molecule has 4 rings (SSSR count). The van der Waals surface area contributed by atoms with E-state index in [1.165, 1.54) is 16.8 Å². The molecule has 2 heterocycles. The van der Waals surface area contributed by atoms with Crippen LogP contribution < -0.4 is 5.32 Å². The number of rotatable bonds is 7. The molecule has 0 aliphatic carbocycles. The summed E-state index contributed by atoms with van der Waals surface area (Å²) in [5, 5.41) is 8.34. The first kappa shape index (κ1) is 19.8. The van der Waals surface area contributed by atoms with Gasteiger partial charge >= 0.3 is 0 Å². The van der Waals surface area contributed by atoms with Crippen molar-refractivity contribution in [2.24, 2.45) is 0 Å². The lowest BCUT2D eigenvalue weighted by Gasteiger charge is -2.33. The molecule has 1 aliphatic rings. The average molecular weight is 391 g/mol. The van der Waals surface area contributed by atoms with Gasteiger partial charge in [0, 0.05) is 44.0 Å². The number of hydrogen-bond donors (Lipinski definition) is 1. The van der Waals surface area contributed by atoms with Crippen molar-refractivity contribution in [3.05, 3.63) is 83.2 Å². The lowest BCUT2D eigenvalue weighted by molar-refractivity contribution is -0.0300. The Bertz CT molecular complexity index is 907. The predicted molar refractivity (Wildman–Crippen MR) is 116 cm³/mol. The Labute approximate surface area is 173 Å². The Kier molecular flexibility index (Phi) is 6.39. The lowest BCUT2D eigenvalue weighted by Crippen LogP contribution is -2.46. The van der Waals surface area contributed by atoms with Crippen LogP contribution in [0, 0.1) is 13.8 Å². The number of morpholine rings is 1. The molecule has 1 unspecified atom stereocenters. The van der Waals surface area contributed by atoms with Gasteiger partial charge in [0.15, 0.2) is 0 Å². The Balaban J connectivity index is 1.31. The summed E-state index contributed by atoms with van der Waals surface area (Å²) >= 11 is 0. The fourth-order valence-corrected chi connectivity index (χ4v) is 4.00. The van der Waals surface area contributed by atoms with Crippen molar-refractivity contribution in [3.8, 4) is 5.69 Å². The summed E-state index contributed by atoms with van der Waals surface area (Å²) in [4.78, 5) is 2.48. The van der Waals surface area contributed by atoms with Gasteiger partial charge in [-0.3, -0.25) is 4.90 Å². The molecular formula is C24H30N4O. The van der Waals surface area contributed by atoms with Crippen molar-refractivity contribution in [1.82, 2.24) is 20.0 Å². The second kappa shape index (κ2) is 9.35. The maximum Gasteiger partial charge on any atom is 0.0826 e. The molecule has 0 bridgehead atoms. The molecule has 0 radical (unpaired) electrons. The van der Waals surface area contributed by atoms with E-state index in [1.54, 1.807) is 0 Å². The average Bonchev–Trinajstić information content (AvgIpc) is 3.04. The van der Waals surface area contributed by atoms with E-state index in [0.29, 0.717) is 0 Å². The molecule has 2 aromatic carbocycles. The standard InChI is InChI=1S/C24H30N4O/c1-19-24(20(2)28(26-19)22-11-7-4-8-12-22)16-25-15-23-18-27(13-14-29-23)17-21-9-5-3-6-10-21/h3-12,23,25H,13-18H2,1-2H3. The highest BCUT2D eigenvalue weighted by atomic mass is 16.5. The number of nitrogens with zero attached hydrogens (tertiary/aromatic N) is 3. The van der Waals surface area contributed by atoms with Gasteiger partial charge in [0.25, 0.3) is 0 Å². The molecular weight excluding hydrogens is 360 g/mol. The first-order valence-corrected chi connectivity index (χ1v) is 10.4. The summed E-state index contributed by atoms with van der Waals surface area (Å²) < 4.78 is 8.03. The minimum Gasteiger partial charge on any atom is -0.374 e. The van der Waals surface area contributed by atoms with E-state index in [0.717, 1.165) is 50.7 Å². The zero-order valence-electron chi connectivity index (χ0n) is 17.3. The Morgan fingerprint density at radius 3 is 2.52 bits per heavy atom. The number of benzene rings is 2. The highest BCUT2D eigenvalue weighted by molar-refractivity contribution is 5.36. The molecule has 3 aromatic rings. The predicted octanol–water partition coefficient (Wildman–Crippen LogP) is 3.48. The molecule has 1 aliphatic heterocycles. The van der Waals surface area contributed by atoms with Crippen molar-refractivity contribution >= 4 is 0 Å². The van der Waals surface area contributed by atoms with Crippen molar-refractivity contribution in [3.63, 3.8) is 0 Å². The van der Waals surface area contributed by atoms with Crippen molar-refractivity contribution in [2.75, 3.05) is 26.2 Å². The summed E-state index contributed by atoms with van der Waals surface area (Å²) in [5.41, 5.74) is 6.00. The van der Waals surface area contributed by atoms with Crippen LogP contribution in [0.3, 0.4) is 0 Å². The van der Waals surface area contributed by atoms with Gasteiger partial charge in [0.2, 0.25) is 0 Å². The first-order valence-electron chi connectivity index (χ1n) is 10.4. The summed E-state index contributed by atoms with van der Waals surface area (Å²) in [5.74, 6) is 0. The van der Waals surface area contributed by atoms with Crippen LogP contribution >= 0.6 is 0 Å². The number of hydrogen-bond acceptors (Lipinski definition) is 4. The quantitative estimate of drug-likeness (QED) is 0.671. The first-order chi connectivity index (χ1) is 14.2. The summed E-state index contributed by atoms with van der Waals surface area (Å²) in [6.07, 6.45) is 0.220. The molecule has 0 spiro atoms. The lowest BCUT2D eigenvalue weighted by atomic mass is 10.1. The minimum absolute atomic E-state index is 0.220. The molecule has 1 aromatic heterocycles. The second-order valence-electron chi connectivity index (χ2n) is 7.74. The van der Waals surface area contributed by atoms with E-state index in [1.807, 2.05) is 22.9 Å². The highest BCUT2D eigenvalue weighted by Crippen LogP contribution is 2.18. The molecule has 0 amide bonds. The fraction of sp³-hybridized carbons (Fsp3) is 0.375. The van der Waals surface area contributed by atoms with Crippen LogP contribution in [-0.4, -0.2) is 47.0 Å². The maximum absolute atomic E-state index is 5.99. The van der Waals surface area contributed by atoms with Gasteiger partial charge < -0.3 is 10.1 Å². The number of para-hydroxylation sites is 1. The monoisotopic (exact) mass is 390 g/mol. The van der Waals surface area contributed by atoms with Gasteiger partial charge in [0.1, 0.15) is 0 Å².